The Morgan fingerprint density at radius 1 is 1.44 bits per heavy atom. The SMILES string of the molecule is CC1(O)CCN(C(=O)c2c[nH]c3ccccc23)C1. The van der Waals surface area contributed by atoms with Gasteiger partial charge in [-0.1, -0.05) is 18.2 Å². The van der Waals surface area contributed by atoms with Crippen LogP contribution in [0.2, 0.25) is 0 Å². The van der Waals surface area contributed by atoms with Gasteiger partial charge in [0.15, 0.2) is 0 Å². The Labute approximate surface area is 105 Å². The largest absolute Gasteiger partial charge is 0.388 e. The number of carbonyl (C=O) groups excluding carboxylic acids is 1. The van der Waals surface area contributed by atoms with Crippen LogP contribution in [-0.2, 0) is 0 Å². The maximum atomic E-state index is 12.4. The van der Waals surface area contributed by atoms with Gasteiger partial charge in [-0.15, -0.1) is 0 Å². The molecule has 0 saturated carbocycles. The van der Waals surface area contributed by atoms with E-state index in [0.717, 1.165) is 10.9 Å². The van der Waals surface area contributed by atoms with Crippen LogP contribution in [0.5, 0.6) is 0 Å². The molecule has 0 bridgehead atoms. The normalized spacial score (nSPS) is 23.8. The summed E-state index contributed by atoms with van der Waals surface area (Å²) in [6, 6.07) is 7.75. The Hall–Kier alpha value is -1.81. The highest BCUT2D eigenvalue weighted by molar-refractivity contribution is 6.06. The fourth-order valence-corrected chi connectivity index (χ4v) is 2.54. The van der Waals surface area contributed by atoms with Crippen LogP contribution >= 0.6 is 0 Å². The second-order valence-electron chi connectivity index (χ2n) is 5.22. The van der Waals surface area contributed by atoms with E-state index in [4.69, 9.17) is 0 Å². The van der Waals surface area contributed by atoms with Crippen molar-refractivity contribution in [2.24, 2.45) is 0 Å². The molecule has 0 spiro atoms. The van der Waals surface area contributed by atoms with Crippen molar-refractivity contribution >= 4 is 16.8 Å². The highest BCUT2D eigenvalue weighted by Crippen LogP contribution is 2.25. The van der Waals surface area contributed by atoms with Crippen molar-refractivity contribution in [1.82, 2.24) is 9.88 Å². The molecule has 3 rings (SSSR count). The quantitative estimate of drug-likeness (QED) is 0.803. The molecule has 4 heteroatoms. The molecule has 1 aliphatic rings. The summed E-state index contributed by atoms with van der Waals surface area (Å²) in [5, 5.41) is 10.9. The minimum absolute atomic E-state index is 0.00905. The van der Waals surface area contributed by atoms with E-state index in [9.17, 15) is 9.90 Å². The molecule has 94 valence electrons. The summed E-state index contributed by atoms with van der Waals surface area (Å²) in [4.78, 5) is 17.2. The first kappa shape index (κ1) is 11.3. The van der Waals surface area contributed by atoms with Gasteiger partial charge in [0.2, 0.25) is 0 Å². The maximum absolute atomic E-state index is 12.4. The molecular weight excluding hydrogens is 228 g/mol. The molecule has 18 heavy (non-hydrogen) atoms. The summed E-state index contributed by atoms with van der Waals surface area (Å²) < 4.78 is 0. The van der Waals surface area contributed by atoms with Crippen LogP contribution in [0.15, 0.2) is 30.5 Å². The zero-order chi connectivity index (χ0) is 12.8. The van der Waals surface area contributed by atoms with Crippen LogP contribution in [0.3, 0.4) is 0 Å². The number of aromatic nitrogens is 1. The van der Waals surface area contributed by atoms with Crippen LogP contribution in [0, 0.1) is 0 Å². The van der Waals surface area contributed by atoms with E-state index in [0.29, 0.717) is 25.1 Å². The predicted octanol–water partition coefficient (Wildman–Crippen LogP) is 1.76. The summed E-state index contributed by atoms with van der Waals surface area (Å²) in [5.74, 6) is -0.00905. The number of fused-ring (bicyclic) bond motifs is 1. The average molecular weight is 244 g/mol. The number of likely N-dealkylation sites (tertiary alicyclic amines) is 1. The molecule has 0 aliphatic carbocycles. The van der Waals surface area contributed by atoms with E-state index >= 15 is 0 Å². The molecule has 1 amide bonds. The van der Waals surface area contributed by atoms with Crippen LogP contribution in [0.4, 0.5) is 0 Å². The lowest BCUT2D eigenvalue weighted by atomic mass is 10.1. The van der Waals surface area contributed by atoms with Gasteiger partial charge in [0.05, 0.1) is 11.2 Å². The summed E-state index contributed by atoms with van der Waals surface area (Å²) in [7, 11) is 0. The molecule has 4 nitrogen and oxygen atoms in total. The highest BCUT2D eigenvalue weighted by Gasteiger charge is 2.34. The minimum Gasteiger partial charge on any atom is -0.388 e. The maximum Gasteiger partial charge on any atom is 0.256 e. The number of aliphatic hydroxyl groups is 1. The van der Waals surface area contributed by atoms with E-state index in [1.165, 1.54) is 0 Å². The van der Waals surface area contributed by atoms with Crippen molar-refractivity contribution < 1.29 is 9.90 Å². The number of hydrogen-bond acceptors (Lipinski definition) is 2. The number of H-pyrrole nitrogens is 1. The zero-order valence-corrected chi connectivity index (χ0v) is 10.3. The van der Waals surface area contributed by atoms with Gasteiger partial charge in [-0.25, -0.2) is 0 Å². The zero-order valence-electron chi connectivity index (χ0n) is 10.3. The van der Waals surface area contributed by atoms with Crippen LogP contribution in [-0.4, -0.2) is 39.6 Å². The summed E-state index contributed by atoms with van der Waals surface area (Å²) in [6.45, 7) is 2.80. The molecule has 1 fully saturated rings. The van der Waals surface area contributed by atoms with Crippen LogP contribution < -0.4 is 0 Å². The van der Waals surface area contributed by atoms with Gasteiger partial charge >= 0.3 is 0 Å². The van der Waals surface area contributed by atoms with Gasteiger partial charge in [-0.3, -0.25) is 4.79 Å². The van der Waals surface area contributed by atoms with E-state index in [1.54, 1.807) is 18.0 Å². The van der Waals surface area contributed by atoms with Crippen molar-refractivity contribution in [3.05, 3.63) is 36.0 Å². The van der Waals surface area contributed by atoms with Crippen LogP contribution in [0.1, 0.15) is 23.7 Å². The standard InChI is InChI=1S/C14H16N2O2/c1-14(18)6-7-16(9-14)13(17)11-8-15-12-5-3-2-4-10(11)12/h2-5,8,15,18H,6-7,9H2,1H3. The number of β-amino-alcohol motifs (C(OH)–C–C–N with tert-alkyl or cyclic N) is 1. The molecule has 1 aromatic heterocycles. The number of benzene rings is 1. The third-order valence-electron chi connectivity index (χ3n) is 3.56. The number of rotatable bonds is 1. The monoisotopic (exact) mass is 244 g/mol. The lowest BCUT2D eigenvalue weighted by Crippen LogP contribution is -2.33. The van der Waals surface area contributed by atoms with E-state index in [1.807, 2.05) is 24.3 Å². The third-order valence-corrected chi connectivity index (χ3v) is 3.56. The minimum atomic E-state index is -0.748. The van der Waals surface area contributed by atoms with Gasteiger partial charge < -0.3 is 15.0 Å². The Morgan fingerprint density at radius 2 is 2.22 bits per heavy atom. The first-order valence-electron chi connectivity index (χ1n) is 6.15. The molecule has 1 unspecified atom stereocenters. The van der Waals surface area contributed by atoms with Crippen molar-refractivity contribution in [2.75, 3.05) is 13.1 Å². The molecule has 1 saturated heterocycles. The van der Waals surface area contributed by atoms with Crippen LogP contribution in [0.25, 0.3) is 10.9 Å². The van der Waals surface area contributed by atoms with Crippen molar-refractivity contribution in [1.29, 1.82) is 0 Å². The molecule has 2 heterocycles. The van der Waals surface area contributed by atoms with E-state index in [-0.39, 0.29) is 5.91 Å². The summed E-state index contributed by atoms with van der Waals surface area (Å²) >= 11 is 0. The summed E-state index contributed by atoms with van der Waals surface area (Å²) in [6.07, 6.45) is 2.39. The van der Waals surface area contributed by atoms with E-state index < -0.39 is 5.60 Å². The first-order valence-corrected chi connectivity index (χ1v) is 6.15. The van der Waals surface area contributed by atoms with Crippen molar-refractivity contribution in [2.45, 2.75) is 18.9 Å². The molecule has 1 aromatic carbocycles. The lowest BCUT2D eigenvalue weighted by Gasteiger charge is -2.18. The number of carbonyl (C=O) groups is 1. The first-order chi connectivity index (χ1) is 8.57. The molecule has 2 N–H and O–H groups in total. The average Bonchev–Trinajstić information content (AvgIpc) is 2.91. The number of aromatic amines is 1. The second-order valence-corrected chi connectivity index (χ2v) is 5.22. The lowest BCUT2D eigenvalue weighted by molar-refractivity contribution is 0.0573. The number of para-hydroxylation sites is 1. The van der Waals surface area contributed by atoms with E-state index in [2.05, 4.69) is 4.98 Å². The van der Waals surface area contributed by atoms with Gasteiger partial charge in [0, 0.05) is 30.2 Å². The Balaban J connectivity index is 1.93. The smallest absolute Gasteiger partial charge is 0.256 e. The van der Waals surface area contributed by atoms with Gasteiger partial charge in [-0.05, 0) is 19.4 Å². The Kier molecular flexibility index (Phi) is 2.41. The summed E-state index contributed by atoms with van der Waals surface area (Å²) in [5.41, 5.74) is 0.900. The van der Waals surface area contributed by atoms with Gasteiger partial charge in [0.1, 0.15) is 0 Å². The molecule has 0 radical (unpaired) electrons. The molecule has 1 aliphatic heterocycles. The fraction of sp³-hybridized carbons (Fsp3) is 0.357. The molecule has 2 aromatic rings. The van der Waals surface area contributed by atoms with Gasteiger partial charge in [-0.2, -0.15) is 0 Å². The molecule has 1 atom stereocenters. The molecular formula is C14H16N2O2. The number of hydrogen-bond donors (Lipinski definition) is 2. The topological polar surface area (TPSA) is 56.3 Å². The second kappa shape index (κ2) is 3.85. The predicted molar refractivity (Wildman–Crippen MR) is 69.4 cm³/mol. The van der Waals surface area contributed by atoms with Crippen molar-refractivity contribution in [3.8, 4) is 0 Å². The Morgan fingerprint density at radius 3 is 2.94 bits per heavy atom. The number of amides is 1. The van der Waals surface area contributed by atoms with Gasteiger partial charge in [0.25, 0.3) is 5.91 Å². The van der Waals surface area contributed by atoms with Crippen molar-refractivity contribution in [3.63, 3.8) is 0 Å². The third kappa shape index (κ3) is 1.78. The Bertz CT molecular complexity index is 601. The number of nitrogens with zero attached hydrogens (tertiary/aromatic N) is 1. The fourth-order valence-electron chi connectivity index (χ4n) is 2.54. The number of nitrogens with one attached hydrogen (secondary N) is 1. The highest BCUT2D eigenvalue weighted by atomic mass is 16.3.